The first kappa shape index (κ1) is 16.1. The Balaban J connectivity index is 2.27. The molecule has 0 atom stereocenters. The van der Waals surface area contributed by atoms with Gasteiger partial charge in [-0.05, 0) is 19.1 Å². The first-order chi connectivity index (χ1) is 9.28. The van der Waals surface area contributed by atoms with Crippen molar-refractivity contribution in [3.63, 3.8) is 0 Å². The fraction of sp³-hybridized carbons (Fsp3) is 0.462. The molecule has 0 heterocycles. The highest BCUT2D eigenvalue weighted by atomic mass is 19.4. The van der Waals surface area contributed by atoms with Crippen LogP contribution in [0.3, 0.4) is 0 Å². The lowest BCUT2D eigenvalue weighted by molar-refractivity contribution is -0.123. The van der Waals surface area contributed by atoms with Crippen LogP contribution in [-0.2, 0) is 0 Å². The van der Waals surface area contributed by atoms with Gasteiger partial charge in [-0.3, -0.25) is 0 Å². The fourth-order valence-electron chi connectivity index (χ4n) is 1.35. The zero-order valence-electron chi connectivity index (χ0n) is 11.3. The topological polar surface area (TPSA) is 41.6 Å². The van der Waals surface area contributed by atoms with E-state index in [0.717, 1.165) is 10.5 Å². The Morgan fingerprint density at radius 1 is 1.30 bits per heavy atom. The number of aryl methyl sites for hydroxylation is 1. The van der Waals surface area contributed by atoms with Crippen LogP contribution in [0.1, 0.15) is 5.56 Å². The van der Waals surface area contributed by atoms with Crippen molar-refractivity contribution in [2.45, 2.75) is 13.1 Å². The fourth-order valence-corrected chi connectivity index (χ4v) is 1.35. The van der Waals surface area contributed by atoms with Crippen molar-refractivity contribution < 1.29 is 22.7 Å². The van der Waals surface area contributed by atoms with Crippen molar-refractivity contribution in [1.29, 1.82) is 0 Å². The molecule has 0 radical (unpaired) electrons. The smallest absolute Gasteiger partial charge is 0.405 e. The van der Waals surface area contributed by atoms with E-state index in [4.69, 9.17) is 4.74 Å². The van der Waals surface area contributed by atoms with Gasteiger partial charge in [-0.25, -0.2) is 4.79 Å². The predicted octanol–water partition coefficient (Wildman–Crippen LogP) is 2.58. The highest BCUT2D eigenvalue weighted by molar-refractivity contribution is 5.73. The predicted molar refractivity (Wildman–Crippen MR) is 68.8 cm³/mol. The molecule has 7 heteroatoms. The molecule has 0 bridgehead atoms. The van der Waals surface area contributed by atoms with Crippen LogP contribution >= 0.6 is 0 Å². The Labute approximate surface area is 115 Å². The van der Waals surface area contributed by atoms with E-state index in [9.17, 15) is 18.0 Å². The SMILES string of the molecule is Cc1ccc(OCCN(C)C(=O)NCC(F)(F)F)cc1. The maximum absolute atomic E-state index is 11.9. The van der Waals surface area contributed by atoms with Crippen LogP contribution in [0.4, 0.5) is 18.0 Å². The van der Waals surface area contributed by atoms with Crippen molar-refractivity contribution in [1.82, 2.24) is 10.2 Å². The Morgan fingerprint density at radius 2 is 1.90 bits per heavy atom. The number of halogens is 3. The maximum atomic E-state index is 11.9. The van der Waals surface area contributed by atoms with E-state index in [-0.39, 0.29) is 13.2 Å². The number of ether oxygens (including phenoxy) is 1. The number of hydrogen-bond donors (Lipinski definition) is 1. The standard InChI is InChI=1S/C13H17F3N2O2/c1-10-3-5-11(6-4-10)20-8-7-18(2)12(19)17-9-13(14,15)16/h3-6H,7-9H2,1-2H3,(H,17,19). The Hall–Kier alpha value is -1.92. The van der Waals surface area contributed by atoms with Gasteiger partial charge < -0.3 is 15.0 Å². The minimum absolute atomic E-state index is 0.192. The molecule has 2 amide bonds. The van der Waals surface area contributed by atoms with E-state index < -0.39 is 18.8 Å². The number of nitrogens with zero attached hydrogens (tertiary/aromatic N) is 1. The summed E-state index contributed by atoms with van der Waals surface area (Å²) in [6.07, 6.45) is -4.41. The van der Waals surface area contributed by atoms with Crippen LogP contribution in [0.2, 0.25) is 0 Å². The summed E-state index contributed by atoms with van der Waals surface area (Å²) in [6.45, 7) is 1.01. The van der Waals surface area contributed by atoms with Crippen LogP contribution in [-0.4, -0.2) is 43.9 Å². The summed E-state index contributed by atoms with van der Waals surface area (Å²) in [7, 11) is 1.41. The van der Waals surface area contributed by atoms with E-state index in [1.165, 1.54) is 7.05 Å². The maximum Gasteiger partial charge on any atom is 0.405 e. The van der Waals surface area contributed by atoms with Gasteiger partial charge in [-0.15, -0.1) is 0 Å². The minimum atomic E-state index is -4.41. The minimum Gasteiger partial charge on any atom is -0.492 e. The van der Waals surface area contributed by atoms with E-state index in [0.29, 0.717) is 5.75 Å². The number of carbonyl (C=O) groups excluding carboxylic acids is 1. The summed E-state index contributed by atoms with van der Waals surface area (Å²) in [6, 6.07) is 6.57. The van der Waals surface area contributed by atoms with E-state index in [1.54, 1.807) is 17.4 Å². The summed E-state index contributed by atoms with van der Waals surface area (Å²) in [5, 5.41) is 1.78. The molecule has 0 fully saturated rings. The number of benzene rings is 1. The molecule has 0 saturated carbocycles. The van der Waals surface area contributed by atoms with Crippen LogP contribution in [0.25, 0.3) is 0 Å². The van der Waals surface area contributed by atoms with E-state index in [1.807, 2.05) is 19.1 Å². The molecule has 0 aliphatic rings. The summed E-state index contributed by atoms with van der Waals surface area (Å²) >= 11 is 0. The molecule has 1 aromatic rings. The average molecular weight is 290 g/mol. The highest BCUT2D eigenvalue weighted by Gasteiger charge is 2.28. The van der Waals surface area contributed by atoms with Crippen LogP contribution in [0, 0.1) is 6.92 Å². The van der Waals surface area contributed by atoms with Gasteiger partial charge in [0.25, 0.3) is 0 Å². The summed E-state index contributed by atoms with van der Waals surface area (Å²) in [5.41, 5.74) is 1.10. The second-order valence-corrected chi connectivity index (χ2v) is 4.36. The molecule has 0 aliphatic carbocycles. The number of amides is 2. The molecule has 1 N–H and O–H groups in total. The Bertz CT molecular complexity index is 432. The third-order valence-corrected chi connectivity index (χ3v) is 2.50. The average Bonchev–Trinajstić information content (AvgIpc) is 2.37. The van der Waals surface area contributed by atoms with E-state index in [2.05, 4.69) is 0 Å². The lowest BCUT2D eigenvalue weighted by Gasteiger charge is -2.18. The Kier molecular flexibility index (Phi) is 5.66. The first-order valence-electron chi connectivity index (χ1n) is 6.03. The van der Waals surface area contributed by atoms with E-state index >= 15 is 0 Å². The van der Waals surface area contributed by atoms with Gasteiger partial charge in [0.2, 0.25) is 0 Å². The van der Waals surface area contributed by atoms with Crippen molar-refractivity contribution in [2.24, 2.45) is 0 Å². The molecule has 1 aromatic carbocycles. The van der Waals surface area contributed by atoms with Crippen molar-refractivity contribution in [3.8, 4) is 5.75 Å². The molecule has 0 unspecified atom stereocenters. The van der Waals surface area contributed by atoms with Crippen LogP contribution in [0.15, 0.2) is 24.3 Å². The number of likely N-dealkylation sites (N-methyl/N-ethyl adjacent to an activating group) is 1. The van der Waals surface area contributed by atoms with Gasteiger partial charge in [-0.2, -0.15) is 13.2 Å². The monoisotopic (exact) mass is 290 g/mol. The van der Waals surface area contributed by atoms with Gasteiger partial charge in [-0.1, -0.05) is 17.7 Å². The molecule has 0 saturated heterocycles. The molecule has 112 valence electrons. The molecule has 0 aromatic heterocycles. The number of alkyl halides is 3. The molecule has 0 aliphatic heterocycles. The molecule has 1 rings (SSSR count). The lowest BCUT2D eigenvalue weighted by Crippen LogP contribution is -2.43. The first-order valence-corrected chi connectivity index (χ1v) is 6.03. The number of carbonyl (C=O) groups is 1. The summed E-state index contributed by atoms with van der Waals surface area (Å²) < 4.78 is 41.2. The third-order valence-electron chi connectivity index (χ3n) is 2.50. The van der Waals surface area contributed by atoms with Gasteiger partial charge >= 0.3 is 12.2 Å². The molecule has 0 spiro atoms. The van der Waals surface area contributed by atoms with Gasteiger partial charge in [0, 0.05) is 7.05 Å². The molecule has 20 heavy (non-hydrogen) atoms. The second kappa shape index (κ2) is 7.02. The zero-order chi connectivity index (χ0) is 15.2. The second-order valence-electron chi connectivity index (χ2n) is 4.36. The highest BCUT2D eigenvalue weighted by Crippen LogP contribution is 2.12. The normalized spacial score (nSPS) is 11.1. The van der Waals surface area contributed by atoms with Crippen LogP contribution < -0.4 is 10.1 Å². The van der Waals surface area contributed by atoms with Gasteiger partial charge in [0.1, 0.15) is 18.9 Å². The summed E-state index contributed by atoms with van der Waals surface area (Å²) in [4.78, 5) is 12.5. The van der Waals surface area contributed by atoms with Crippen molar-refractivity contribution >= 4 is 6.03 Å². The Morgan fingerprint density at radius 3 is 2.45 bits per heavy atom. The van der Waals surface area contributed by atoms with Crippen molar-refractivity contribution in [3.05, 3.63) is 29.8 Å². The number of nitrogens with one attached hydrogen (secondary N) is 1. The number of urea groups is 1. The van der Waals surface area contributed by atoms with Crippen molar-refractivity contribution in [2.75, 3.05) is 26.7 Å². The summed E-state index contributed by atoms with van der Waals surface area (Å²) in [5.74, 6) is 0.652. The largest absolute Gasteiger partial charge is 0.492 e. The third kappa shape index (κ3) is 6.31. The number of rotatable bonds is 5. The quantitative estimate of drug-likeness (QED) is 0.905. The van der Waals surface area contributed by atoms with Crippen LogP contribution in [0.5, 0.6) is 5.75 Å². The zero-order valence-corrected chi connectivity index (χ0v) is 11.3. The number of hydrogen-bond acceptors (Lipinski definition) is 2. The molecular weight excluding hydrogens is 273 g/mol. The van der Waals surface area contributed by atoms with Gasteiger partial charge in [0.05, 0.1) is 6.54 Å². The molecular formula is C13H17F3N2O2. The lowest BCUT2D eigenvalue weighted by atomic mass is 10.2. The molecule has 4 nitrogen and oxygen atoms in total. The van der Waals surface area contributed by atoms with Gasteiger partial charge in [0.15, 0.2) is 0 Å².